The van der Waals surface area contributed by atoms with E-state index >= 15 is 0 Å². The van der Waals surface area contributed by atoms with Gasteiger partial charge in [0.15, 0.2) is 0 Å². The van der Waals surface area contributed by atoms with Gasteiger partial charge in [0.25, 0.3) is 0 Å². The Labute approximate surface area is 106 Å². The van der Waals surface area contributed by atoms with Crippen LogP contribution in [0.5, 0.6) is 0 Å². The molecule has 94 valence electrons. The molecule has 1 aromatic heterocycles. The molecule has 0 radical (unpaired) electrons. The number of rotatable bonds is 4. The van der Waals surface area contributed by atoms with Crippen molar-refractivity contribution in [3.63, 3.8) is 0 Å². The van der Waals surface area contributed by atoms with Crippen molar-refractivity contribution in [2.24, 2.45) is 0 Å². The SMILES string of the molecule is Cc1nccc(CN[C@H](C)c2cccc(F)c2)n1. The predicted octanol–water partition coefficient (Wildman–Crippen LogP) is 2.77. The lowest BCUT2D eigenvalue weighted by Crippen LogP contribution is -2.19. The first kappa shape index (κ1) is 12.6. The standard InChI is InChI=1S/C14H16FN3/c1-10(12-4-3-5-13(15)8-12)17-9-14-6-7-16-11(2)18-14/h3-8,10,17H,9H2,1-2H3/t10-/m1/s1. The molecule has 2 aromatic rings. The monoisotopic (exact) mass is 245 g/mol. The predicted molar refractivity (Wildman–Crippen MR) is 68.4 cm³/mol. The highest BCUT2D eigenvalue weighted by molar-refractivity contribution is 5.19. The van der Waals surface area contributed by atoms with E-state index in [1.54, 1.807) is 18.3 Å². The van der Waals surface area contributed by atoms with Crippen LogP contribution in [-0.4, -0.2) is 9.97 Å². The van der Waals surface area contributed by atoms with Gasteiger partial charge in [-0.05, 0) is 37.6 Å². The lowest BCUT2D eigenvalue weighted by molar-refractivity contribution is 0.558. The van der Waals surface area contributed by atoms with Crippen molar-refractivity contribution in [1.82, 2.24) is 15.3 Å². The van der Waals surface area contributed by atoms with Gasteiger partial charge < -0.3 is 5.32 Å². The Morgan fingerprint density at radius 1 is 1.33 bits per heavy atom. The summed E-state index contributed by atoms with van der Waals surface area (Å²) in [6.07, 6.45) is 1.74. The zero-order chi connectivity index (χ0) is 13.0. The molecular formula is C14H16FN3. The summed E-state index contributed by atoms with van der Waals surface area (Å²) in [4.78, 5) is 8.36. The van der Waals surface area contributed by atoms with Gasteiger partial charge in [0.05, 0.1) is 5.69 Å². The van der Waals surface area contributed by atoms with Gasteiger partial charge in [0, 0.05) is 18.8 Å². The molecule has 0 aliphatic heterocycles. The summed E-state index contributed by atoms with van der Waals surface area (Å²) in [6.45, 7) is 4.50. The van der Waals surface area contributed by atoms with Gasteiger partial charge in [-0.2, -0.15) is 0 Å². The van der Waals surface area contributed by atoms with Crippen LogP contribution < -0.4 is 5.32 Å². The first-order chi connectivity index (χ1) is 8.65. The van der Waals surface area contributed by atoms with E-state index in [0.29, 0.717) is 6.54 Å². The Kier molecular flexibility index (Phi) is 3.99. The maximum absolute atomic E-state index is 13.1. The number of nitrogens with zero attached hydrogens (tertiary/aromatic N) is 2. The lowest BCUT2D eigenvalue weighted by atomic mass is 10.1. The van der Waals surface area contributed by atoms with Crippen LogP contribution in [0.15, 0.2) is 36.5 Å². The van der Waals surface area contributed by atoms with E-state index in [1.165, 1.54) is 6.07 Å². The minimum absolute atomic E-state index is 0.0796. The highest BCUT2D eigenvalue weighted by atomic mass is 19.1. The number of hydrogen-bond acceptors (Lipinski definition) is 3. The van der Waals surface area contributed by atoms with Crippen LogP contribution in [0.25, 0.3) is 0 Å². The first-order valence-electron chi connectivity index (χ1n) is 5.92. The summed E-state index contributed by atoms with van der Waals surface area (Å²) < 4.78 is 13.1. The van der Waals surface area contributed by atoms with Gasteiger partial charge in [0.1, 0.15) is 11.6 Å². The second kappa shape index (κ2) is 5.69. The average molecular weight is 245 g/mol. The third-order valence-corrected chi connectivity index (χ3v) is 2.77. The van der Waals surface area contributed by atoms with Gasteiger partial charge in [0.2, 0.25) is 0 Å². The normalized spacial score (nSPS) is 12.4. The van der Waals surface area contributed by atoms with Crippen LogP contribution in [-0.2, 0) is 6.54 Å². The van der Waals surface area contributed by atoms with E-state index < -0.39 is 0 Å². The molecule has 0 fully saturated rings. The fraction of sp³-hybridized carbons (Fsp3) is 0.286. The Morgan fingerprint density at radius 3 is 2.89 bits per heavy atom. The van der Waals surface area contributed by atoms with Gasteiger partial charge in [-0.3, -0.25) is 0 Å². The van der Waals surface area contributed by atoms with Gasteiger partial charge >= 0.3 is 0 Å². The number of aryl methyl sites for hydroxylation is 1. The number of hydrogen-bond donors (Lipinski definition) is 1. The van der Waals surface area contributed by atoms with Crippen molar-refractivity contribution in [3.8, 4) is 0 Å². The van der Waals surface area contributed by atoms with Gasteiger partial charge in [-0.25, -0.2) is 14.4 Å². The van der Waals surface area contributed by atoms with Crippen molar-refractivity contribution in [2.75, 3.05) is 0 Å². The second-order valence-corrected chi connectivity index (χ2v) is 4.25. The van der Waals surface area contributed by atoms with E-state index in [4.69, 9.17) is 0 Å². The fourth-order valence-corrected chi connectivity index (χ4v) is 1.76. The van der Waals surface area contributed by atoms with Crippen LogP contribution in [0.1, 0.15) is 30.0 Å². The summed E-state index contributed by atoms with van der Waals surface area (Å²) in [5, 5.41) is 3.31. The number of nitrogens with one attached hydrogen (secondary N) is 1. The molecule has 0 spiro atoms. The summed E-state index contributed by atoms with van der Waals surface area (Å²) >= 11 is 0. The molecule has 0 saturated heterocycles. The Hall–Kier alpha value is -1.81. The van der Waals surface area contributed by atoms with E-state index in [2.05, 4.69) is 15.3 Å². The summed E-state index contributed by atoms with van der Waals surface area (Å²) in [7, 11) is 0. The molecular weight excluding hydrogens is 229 g/mol. The second-order valence-electron chi connectivity index (χ2n) is 4.25. The fourth-order valence-electron chi connectivity index (χ4n) is 1.76. The molecule has 1 heterocycles. The molecule has 0 saturated carbocycles. The molecule has 0 aliphatic rings. The van der Waals surface area contributed by atoms with Gasteiger partial charge in [-0.15, -0.1) is 0 Å². The molecule has 18 heavy (non-hydrogen) atoms. The zero-order valence-electron chi connectivity index (χ0n) is 10.5. The molecule has 0 unspecified atom stereocenters. The van der Waals surface area contributed by atoms with Crippen LogP contribution in [0, 0.1) is 12.7 Å². The topological polar surface area (TPSA) is 37.8 Å². The number of benzene rings is 1. The minimum atomic E-state index is -0.209. The highest BCUT2D eigenvalue weighted by Crippen LogP contribution is 2.13. The van der Waals surface area contributed by atoms with Crippen LogP contribution in [0.2, 0.25) is 0 Å². The Balaban J connectivity index is 1.98. The quantitative estimate of drug-likeness (QED) is 0.900. The van der Waals surface area contributed by atoms with Gasteiger partial charge in [-0.1, -0.05) is 12.1 Å². The molecule has 3 nitrogen and oxygen atoms in total. The van der Waals surface area contributed by atoms with Crippen molar-refractivity contribution < 1.29 is 4.39 Å². The number of halogens is 1. The first-order valence-corrected chi connectivity index (χ1v) is 5.92. The van der Waals surface area contributed by atoms with Crippen LogP contribution in [0.3, 0.4) is 0 Å². The van der Waals surface area contributed by atoms with Crippen molar-refractivity contribution in [1.29, 1.82) is 0 Å². The molecule has 0 aliphatic carbocycles. The molecule has 0 amide bonds. The van der Waals surface area contributed by atoms with Crippen LogP contribution in [0.4, 0.5) is 4.39 Å². The summed E-state index contributed by atoms with van der Waals surface area (Å²) in [5.74, 6) is 0.548. The molecule has 2 rings (SSSR count). The van der Waals surface area contributed by atoms with E-state index in [1.807, 2.05) is 26.0 Å². The maximum atomic E-state index is 13.1. The largest absolute Gasteiger partial charge is 0.305 e. The average Bonchev–Trinajstić information content (AvgIpc) is 2.36. The summed E-state index contributed by atoms with van der Waals surface area (Å²) in [5.41, 5.74) is 1.87. The minimum Gasteiger partial charge on any atom is -0.305 e. The molecule has 0 bridgehead atoms. The van der Waals surface area contributed by atoms with E-state index in [-0.39, 0.29) is 11.9 Å². The molecule has 1 aromatic carbocycles. The Morgan fingerprint density at radius 2 is 2.17 bits per heavy atom. The lowest BCUT2D eigenvalue weighted by Gasteiger charge is -2.14. The smallest absolute Gasteiger partial charge is 0.125 e. The van der Waals surface area contributed by atoms with Crippen molar-refractivity contribution in [2.45, 2.75) is 26.4 Å². The van der Waals surface area contributed by atoms with Crippen molar-refractivity contribution in [3.05, 3.63) is 59.4 Å². The van der Waals surface area contributed by atoms with Crippen molar-refractivity contribution >= 4 is 0 Å². The van der Waals surface area contributed by atoms with E-state index in [9.17, 15) is 4.39 Å². The number of aromatic nitrogens is 2. The molecule has 4 heteroatoms. The molecule has 1 atom stereocenters. The highest BCUT2D eigenvalue weighted by Gasteiger charge is 2.06. The molecule has 1 N–H and O–H groups in total. The maximum Gasteiger partial charge on any atom is 0.125 e. The van der Waals surface area contributed by atoms with E-state index in [0.717, 1.165) is 17.1 Å². The van der Waals surface area contributed by atoms with Crippen LogP contribution >= 0.6 is 0 Å². The zero-order valence-corrected chi connectivity index (χ0v) is 10.5. The third-order valence-electron chi connectivity index (χ3n) is 2.77. The Bertz CT molecular complexity index is 528. The summed E-state index contributed by atoms with van der Waals surface area (Å²) in [6, 6.07) is 8.57. The third kappa shape index (κ3) is 3.34.